The molecule has 1 saturated heterocycles. The molecule has 2 aliphatic rings. The summed E-state index contributed by atoms with van der Waals surface area (Å²) in [5.41, 5.74) is 0. The topological polar surface area (TPSA) is 44.8 Å². The highest BCUT2D eigenvalue weighted by Gasteiger charge is 2.38. The Balaban J connectivity index is 1.79. The van der Waals surface area contributed by atoms with E-state index in [-0.39, 0.29) is 12.4 Å². The van der Waals surface area contributed by atoms with Gasteiger partial charge in [0.1, 0.15) is 0 Å². The first-order valence-corrected chi connectivity index (χ1v) is 6.84. The van der Waals surface area contributed by atoms with E-state index in [2.05, 4.69) is 12.2 Å². The van der Waals surface area contributed by atoms with E-state index >= 15 is 0 Å². The molecule has 0 atom stereocenters. The van der Waals surface area contributed by atoms with Crippen molar-refractivity contribution in [1.82, 2.24) is 0 Å². The maximum absolute atomic E-state index is 11.6. The van der Waals surface area contributed by atoms with Crippen molar-refractivity contribution in [1.29, 1.82) is 0 Å². The standard InChI is InChI=1S/C14H22O4/c1-2-16-13(15)11-14(17-9-10-18-14)8-4-3-5-12-6-7-12/h3,5,12H,2,4,6-11H2,1H3/b5-3+. The number of ether oxygens (including phenoxy) is 3. The smallest absolute Gasteiger partial charge is 0.311 e. The van der Waals surface area contributed by atoms with Gasteiger partial charge in [0.25, 0.3) is 0 Å². The van der Waals surface area contributed by atoms with Crippen molar-refractivity contribution in [2.45, 2.75) is 44.8 Å². The van der Waals surface area contributed by atoms with E-state index in [1.165, 1.54) is 12.8 Å². The number of esters is 1. The van der Waals surface area contributed by atoms with E-state index in [1.54, 1.807) is 6.92 Å². The summed E-state index contributed by atoms with van der Waals surface area (Å²) in [5.74, 6) is -0.206. The molecule has 1 saturated carbocycles. The number of carbonyl (C=O) groups is 1. The molecule has 0 aromatic carbocycles. The van der Waals surface area contributed by atoms with Crippen LogP contribution in [0.15, 0.2) is 12.2 Å². The molecular weight excluding hydrogens is 232 g/mol. The van der Waals surface area contributed by atoms with Gasteiger partial charge in [-0.1, -0.05) is 12.2 Å². The van der Waals surface area contributed by atoms with Gasteiger partial charge >= 0.3 is 5.97 Å². The maximum atomic E-state index is 11.6. The van der Waals surface area contributed by atoms with Gasteiger partial charge in [0.2, 0.25) is 0 Å². The monoisotopic (exact) mass is 254 g/mol. The molecule has 18 heavy (non-hydrogen) atoms. The van der Waals surface area contributed by atoms with Crippen molar-refractivity contribution in [3.05, 3.63) is 12.2 Å². The second kappa shape index (κ2) is 6.34. The zero-order chi connectivity index (χ0) is 12.8. The van der Waals surface area contributed by atoms with Crippen molar-refractivity contribution < 1.29 is 19.0 Å². The van der Waals surface area contributed by atoms with Crippen molar-refractivity contribution in [3.8, 4) is 0 Å². The number of rotatable bonds is 7. The summed E-state index contributed by atoms with van der Waals surface area (Å²) in [6.07, 6.45) is 8.86. The highest BCUT2D eigenvalue weighted by atomic mass is 16.7. The molecule has 0 amide bonds. The van der Waals surface area contributed by atoms with Gasteiger partial charge in [-0.2, -0.15) is 0 Å². The summed E-state index contributed by atoms with van der Waals surface area (Å²) in [5, 5.41) is 0. The zero-order valence-electron chi connectivity index (χ0n) is 11.0. The molecule has 4 nitrogen and oxygen atoms in total. The molecule has 4 heteroatoms. The van der Waals surface area contributed by atoms with Gasteiger partial charge in [-0.15, -0.1) is 0 Å². The Bertz CT molecular complexity index is 301. The summed E-state index contributed by atoms with van der Waals surface area (Å²) in [6.45, 7) is 3.33. The first kappa shape index (κ1) is 13.6. The molecule has 0 aromatic rings. The molecule has 0 bridgehead atoms. The van der Waals surface area contributed by atoms with E-state index < -0.39 is 5.79 Å². The Morgan fingerprint density at radius 2 is 2.11 bits per heavy atom. The van der Waals surface area contributed by atoms with Crippen molar-refractivity contribution >= 4 is 5.97 Å². The van der Waals surface area contributed by atoms with E-state index in [0.29, 0.717) is 19.8 Å². The van der Waals surface area contributed by atoms with Gasteiger partial charge in [0.05, 0.1) is 26.2 Å². The largest absolute Gasteiger partial charge is 0.466 e. The summed E-state index contributed by atoms with van der Waals surface area (Å²) in [4.78, 5) is 11.6. The SMILES string of the molecule is CCOC(=O)CC1(CC/C=C/C2CC2)OCCO1. The van der Waals surface area contributed by atoms with Crippen molar-refractivity contribution in [2.75, 3.05) is 19.8 Å². The van der Waals surface area contributed by atoms with Gasteiger partial charge in [-0.3, -0.25) is 4.79 Å². The lowest BCUT2D eigenvalue weighted by Crippen LogP contribution is -2.33. The van der Waals surface area contributed by atoms with Crippen LogP contribution in [-0.2, 0) is 19.0 Å². The average Bonchev–Trinajstić information content (AvgIpc) is 3.06. The highest BCUT2D eigenvalue weighted by molar-refractivity contribution is 5.70. The van der Waals surface area contributed by atoms with E-state index in [1.807, 2.05) is 0 Å². The van der Waals surface area contributed by atoms with Crippen LogP contribution in [-0.4, -0.2) is 31.6 Å². The minimum Gasteiger partial charge on any atom is -0.466 e. The summed E-state index contributed by atoms with van der Waals surface area (Å²) < 4.78 is 16.2. The Morgan fingerprint density at radius 3 is 2.72 bits per heavy atom. The van der Waals surface area contributed by atoms with Crippen LogP contribution in [0.3, 0.4) is 0 Å². The first-order chi connectivity index (χ1) is 8.74. The normalized spacial score (nSPS) is 22.5. The molecule has 0 unspecified atom stereocenters. The molecule has 2 fully saturated rings. The van der Waals surface area contributed by atoms with Crippen LogP contribution in [0.5, 0.6) is 0 Å². The lowest BCUT2D eigenvalue weighted by atomic mass is 10.1. The molecule has 2 rings (SSSR count). The Hall–Kier alpha value is -0.870. The molecule has 0 aromatic heterocycles. The lowest BCUT2D eigenvalue weighted by molar-refractivity contribution is -0.184. The highest BCUT2D eigenvalue weighted by Crippen LogP contribution is 2.32. The predicted octanol–water partition coefficient (Wildman–Crippen LogP) is 2.43. The molecule has 1 heterocycles. The molecule has 0 N–H and O–H groups in total. The fourth-order valence-electron chi connectivity index (χ4n) is 2.14. The van der Waals surface area contributed by atoms with Crippen LogP contribution in [0.2, 0.25) is 0 Å². The van der Waals surface area contributed by atoms with Crippen molar-refractivity contribution in [2.24, 2.45) is 5.92 Å². The van der Waals surface area contributed by atoms with Crippen LogP contribution < -0.4 is 0 Å². The van der Waals surface area contributed by atoms with Crippen molar-refractivity contribution in [3.63, 3.8) is 0 Å². The minimum atomic E-state index is -0.750. The van der Waals surface area contributed by atoms with Crippen LogP contribution in [0.1, 0.15) is 39.0 Å². The molecular formula is C14H22O4. The number of carbonyl (C=O) groups excluding carboxylic acids is 1. The quantitative estimate of drug-likeness (QED) is 0.517. The van der Waals surface area contributed by atoms with Crippen LogP contribution in [0.25, 0.3) is 0 Å². The third kappa shape index (κ3) is 4.10. The fraction of sp³-hybridized carbons (Fsp3) is 0.786. The summed E-state index contributed by atoms with van der Waals surface area (Å²) in [6, 6.07) is 0. The van der Waals surface area contributed by atoms with Gasteiger partial charge < -0.3 is 14.2 Å². The molecule has 0 radical (unpaired) electrons. The average molecular weight is 254 g/mol. The summed E-state index contributed by atoms with van der Waals surface area (Å²) in [7, 11) is 0. The Labute approximate surface area is 108 Å². The number of hydrogen-bond donors (Lipinski definition) is 0. The van der Waals surface area contributed by atoms with Gasteiger partial charge in [0.15, 0.2) is 5.79 Å². The van der Waals surface area contributed by atoms with Crippen LogP contribution >= 0.6 is 0 Å². The number of hydrogen-bond acceptors (Lipinski definition) is 4. The van der Waals surface area contributed by atoms with Gasteiger partial charge in [-0.25, -0.2) is 0 Å². The molecule has 1 aliphatic carbocycles. The van der Waals surface area contributed by atoms with E-state index in [9.17, 15) is 4.79 Å². The molecule has 102 valence electrons. The third-order valence-corrected chi connectivity index (χ3v) is 3.25. The number of allylic oxidation sites excluding steroid dienone is 2. The first-order valence-electron chi connectivity index (χ1n) is 6.84. The fourth-order valence-corrected chi connectivity index (χ4v) is 2.14. The van der Waals surface area contributed by atoms with Crippen LogP contribution in [0, 0.1) is 5.92 Å². The third-order valence-electron chi connectivity index (χ3n) is 3.25. The molecule has 1 aliphatic heterocycles. The van der Waals surface area contributed by atoms with Gasteiger partial charge in [-0.05, 0) is 32.1 Å². The minimum absolute atomic E-state index is 0.193. The van der Waals surface area contributed by atoms with Crippen LogP contribution in [0.4, 0.5) is 0 Å². The Morgan fingerprint density at radius 1 is 1.39 bits per heavy atom. The second-order valence-corrected chi connectivity index (χ2v) is 4.89. The summed E-state index contributed by atoms with van der Waals surface area (Å²) >= 11 is 0. The zero-order valence-corrected chi connectivity index (χ0v) is 11.0. The Kier molecular flexibility index (Phi) is 4.78. The van der Waals surface area contributed by atoms with E-state index in [4.69, 9.17) is 14.2 Å². The molecule has 0 spiro atoms. The van der Waals surface area contributed by atoms with E-state index in [0.717, 1.165) is 18.8 Å². The predicted molar refractivity (Wildman–Crippen MR) is 67.0 cm³/mol. The van der Waals surface area contributed by atoms with Gasteiger partial charge in [0, 0.05) is 6.42 Å². The maximum Gasteiger partial charge on any atom is 0.311 e. The lowest BCUT2D eigenvalue weighted by Gasteiger charge is -2.25. The second-order valence-electron chi connectivity index (χ2n) is 4.89.